The van der Waals surface area contributed by atoms with E-state index in [1.807, 2.05) is 26.8 Å². The maximum absolute atomic E-state index is 12.8. The van der Waals surface area contributed by atoms with Crippen molar-refractivity contribution < 1.29 is 4.79 Å². The SMILES string of the molecule is CC[C@H](C)n1c(SCC(=O)Nc2nccs2)nc2cc(C)[nH]c2c1=O. The van der Waals surface area contributed by atoms with Crippen molar-refractivity contribution in [3.05, 3.63) is 33.7 Å². The Morgan fingerprint density at radius 1 is 1.52 bits per heavy atom. The van der Waals surface area contributed by atoms with E-state index >= 15 is 0 Å². The van der Waals surface area contributed by atoms with Gasteiger partial charge in [-0.05, 0) is 26.3 Å². The van der Waals surface area contributed by atoms with Crippen molar-refractivity contribution >= 4 is 45.2 Å². The summed E-state index contributed by atoms with van der Waals surface area (Å²) < 4.78 is 1.67. The normalized spacial score (nSPS) is 12.4. The lowest BCUT2D eigenvalue weighted by Crippen LogP contribution is -2.26. The highest BCUT2D eigenvalue weighted by molar-refractivity contribution is 7.99. The second-order valence-corrected chi connectivity index (χ2v) is 7.55. The van der Waals surface area contributed by atoms with Crippen LogP contribution in [0.25, 0.3) is 11.0 Å². The third-order valence-corrected chi connectivity index (χ3v) is 5.47. The van der Waals surface area contributed by atoms with Gasteiger partial charge in [-0.25, -0.2) is 9.97 Å². The van der Waals surface area contributed by atoms with E-state index in [0.717, 1.165) is 12.1 Å². The number of thioether (sulfide) groups is 1. The van der Waals surface area contributed by atoms with E-state index in [1.165, 1.54) is 23.1 Å². The minimum atomic E-state index is -0.171. The number of anilines is 1. The second kappa shape index (κ2) is 7.40. The number of nitrogens with zero attached hydrogens (tertiary/aromatic N) is 3. The number of rotatable bonds is 6. The first-order chi connectivity index (χ1) is 12.0. The topological polar surface area (TPSA) is 92.7 Å². The van der Waals surface area contributed by atoms with Crippen LogP contribution in [0.1, 0.15) is 32.0 Å². The number of H-pyrrole nitrogens is 1. The van der Waals surface area contributed by atoms with Crippen molar-refractivity contribution in [2.24, 2.45) is 0 Å². The average molecular weight is 377 g/mol. The van der Waals surface area contributed by atoms with Crippen LogP contribution in [0.3, 0.4) is 0 Å². The van der Waals surface area contributed by atoms with Gasteiger partial charge in [0.25, 0.3) is 5.56 Å². The number of aromatic amines is 1. The summed E-state index contributed by atoms with van der Waals surface area (Å²) in [6.45, 7) is 5.89. The molecule has 0 aliphatic rings. The summed E-state index contributed by atoms with van der Waals surface area (Å²) in [6.07, 6.45) is 2.43. The van der Waals surface area contributed by atoms with Gasteiger partial charge in [0, 0.05) is 23.3 Å². The maximum Gasteiger partial charge on any atom is 0.278 e. The molecule has 7 nitrogen and oxygen atoms in total. The molecule has 0 spiro atoms. The fraction of sp³-hybridized carbons (Fsp3) is 0.375. The molecule has 0 saturated heterocycles. The monoisotopic (exact) mass is 377 g/mol. The highest BCUT2D eigenvalue weighted by Gasteiger charge is 2.18. The van der Waals surface area contributed by atoms with Crippen molar-refractivity contribution in [3.8, 4) is 0 Å². The number of amides is 1. The third-order valence-electron chi connectivity index (χ3n) is 3.83. The summed E-state index contributed by atoms with van der Waals surface area (Å²) >= 11 is 2.63. The fourth-order valence-electron chi connectivity index (χ4n) is 2.43. The van der Waals surface area contributed by atoms with E-state index in [1.54, 1.807) is 16.1 Å². The largest absolute Gasteiger partial charge is 0.353 e. The van der Waals surface area contributed by atoms with Gasteiger partial charge in [-0.3, -0.25) is 14.2 Å². The van der Waals surface area contributed by atoms with Crippen LogP contribution in [0.15, 0.2) is 27.6 Å². The third kappa shape index (κ3) is 3.77. The average Bonchev–Trinajstić information content (AvgIpc) is 3.21. The Labute approximate surface area is 152 Å². The molecule has 0 fully saturated rings. The number of thiazole rings is 1. The molecule has 3 aromatic heterocycles. The zero-order valence-corrected chi connectivity index (χ0v) is 15.8. The first kappa shape index (κ1) is 17.7. The van der Waals surface area contributed by atoms with Gasteiger partial charge in [-0.15, -0.1) is 11.3 Å². The Morgan fingerprint density at radius 3 is 3.00 bits per heavy atom. The summed E-state index contributed by atoms with van der Waals surface area (Å²) in [5, 5.41) is 5.66. The Hall–Kier alpha value is -2.13. The number of aryl methyl sites for hydroxylation is 1. The van der Waals surface area contributed by atoms with Crippen molar-refractivity contribution in [1.82, 2.24) is 19.5 Å². The van der Waals surface area contributed by atoms with Gasteiger partial charge in [0.1, 0.15) is 5.52 Å². The Balaban J connectivity index is 1.88. The smallest absolute Gasteiger partial charge is 0.278 e. The molecule has 25 heavy (non-hydrogen) atoms. The molecule has 0 saturated carbocycles. The number of carbonyl (C=O) groups excluding carboxylic acids is 1. The molecule has 0 aliphatic heterocycles. The minimum absolute atomic E-state index is 0.00229. The van der Waals surface area contributed by atoms with E-state index in [0.29, 0.717) is 21.3 Å². The molecule has 1 amide bonds. The zero-order valence-electron chi connectivity index (χ0n) is 14.2. The Kier molecular flexibility index (Phi) is 5.24. The van der Waals surface area contributed by atoms with Crippen LogP contribution >= 0.6 is 23.1 Å². The van der Waals surface area contributed by atoms with E-state index in [2.05, 4.69) is 20.3 Å². The van der Waals surface area contributed by atoms with Gasteiger partial charge < -0.3 is 10.3 Å². The van der Waals surface area contributed by atoms with Crippen LogP contribution in [-0.2, 0) is 4.79 Å². The molecule has 132 valence electrons. The van der Waals surface area contributed by atoms with E-state index in [9.17, 15) is 9.59 Å². The molecule has 9 heteroatoms. The van der Waals surface area contributed by atoms with E-state index in [-0.39, 0.29) is 23.3 Å². The van der Waals surface area contributed by atoms with Crippen molar-refractivity contribution in [2.75, 3.05) is 11.1 Å². The van der Waals surface area contributed by atoms with Gasteiger partial charge in [-0.2, -0.15) is 0 Å². The van der Waals surface area contributed by atoms with Gasteiger partial charge in [0.15, 0.2) is 10.3 Å². The van der Waals surface area contributed by atoms with Crippen LogP contribution < -0.4 is 10.9 Å². The number of nitrogens with one attached hydrogen (secondary N) is 2. The molecular formula is C16H19N5O2S2. The predicted molar refractivity (Wildman–Crippen MR) is 102 cm³/mol. The maximum atomic E-state index is 12.8. The summed E-state index contributed by atoms with van der Waals surface area (Å²) in [5.74, 6) is -0.00701. The molecule has 0 bridgehead atoms. The van der Waals surface area contributed by atoms with Crippen LogP contribution in [0, 0.1) is 6.92 Å². The van der Waals surface area contributed by atoms with Crippen molar-refractivity contribution in [1.29, 1.82) is 0 Å². The quantitative estimate of drug-likeness (QED) is 0.508. The summed E-state index contributed by atoms with van der Waals surface area (Å²) in [4.78, 5) is 36.6. The summed E-state index contributed by atoms with van der Waals surface area (Å²) in [5.41, 5.74) is 1.92. The highest BCUT2D eigenvalue weighted by atomic mass is 32.2. The Bertz CT molecular complexity index is 945. The molecule has 0 aliphatic carbocycles. The lowest BCUT2D eigenvalue weighted by atomic mass is 10.2. The molecule has 0 unspecified atom stereocenters. The first-order valence-corrected chi connectivity index (χ1v) is 9.80. The molecule has 0 aromatic carbocycles. The van der Waals surface area contributed by atoms with Crippen molar-refractivity contribution in [3.63, 3.8) is 0 Å². The van der Waals surface area contributed by atoms with Gasteiger partial charge in [0.2, 0.25) is 5.91 Å². The lowest BCUT2D eigenvalue weighted by molar-refractivity contribution is -0.113. The lowest BCUT2D eigenvalue weighted by Gasteiger charge is -2.17. The van der Waals surface area contributed by atoms with Gasteiger partial charge >= 0.3 is 0 Å². The van der Waals surface area contributed by atoms with Crippen LogP contribution in [-0.4, -0.2) is 31.2 Å². The summed E-state index contributed by atoms with van der Waals surface area (Å²) in [7, 11) is 0. The van der Waals surface area contributed by atoms with E-state index < -0.39 is 0 Å². The van der Waals surface area contributed by atoms with Crippen LogP contribution in [0.5, 0.6) is 0 Å². The number of hydrogen-bond donors (Lipinski definition) is 2. The highest BCUT2D eigenvalue weighted by Crippen LogP contribution is 2.23. The zero-order chi connectivity index (χ0) is 18.0. The predicted octanol–water partition coefficient (Wildman–Crippen LogP) is 3.19. The van der Waals surface area contributed by atoms with Crippen LogP contribution in [0.4, 0.5) is 5.13 Å². The fourth-order valence-corrected chi connectivity index (χ4v) is 3.88. The van der Waals surface area contributed by atoms with Crippen molar-refractivity contribution in [2.45, 2.75) is 38.4 Å². The molecule has 1 atom stereocenters. The van der Waals surface area contributed by atoms with E-state index in [4.69, 9.17) is 0 Å². The summed E-state index contributed by atoms with van der Waals surface area (Å²) in [6, 6.07) is 1.84. The van der Waals surface area contributed by atoms with Crippen LogP contribution in [0.2, 0.25) is 0 Å². The molecule has 3 rings (SSSR count). The Morgan fingerprint density at radius 2 is 2.32 bits per heavy atom. The molecular weight excluding hydrogens is 358 g/mol. The number of carbonyl (C=O) groups is 1. The number of aromatic nitrogens is 4. The standard InChI is InChI=1S/C16H19N5O2S2/c1-4-10(3)21-14(23)13-11(7-9(2)18-13)19-16(21)25-8-12(22)20-15-17-5-6-24-15/h5-7,10,18H,4,8H2,1-3H3,(H,17,20,22)/t10-/m0/s1. The second-order valence-electron chi connectivity index (χ2n) is 5.71. The minimum Gasteiger partial charge on any atom is -0.353 e. The molecule has 2 N–H and O–H groups in total. The number of fused-ring (bicyclic) bond motifs is 1. The van der Waals surface area contributed by atoms with Gasteiger partial charge in [-0.1, -0.05) is 18.7 Å². The molecule has 0 radical (unpaired) electrons. The van der Waals surface area contributed by atoms with Gasteiger partial charge in [0.05, 0.1) is 11.3 Å². The first-order valence-electron chi connectivity index (χ1n) is 7.93. The molecule has 3 aromatic rings. The number of hydrogen-bond acceptors (Lipinski definition) is 6. The molecule has 3 heterocycles.